The number of anilines is 1. The highest BCUT2D eigenvalue weighted by Gasteiger charge is 2.29. The predicted octanol–water partition coefficient (Wildman–Crippen LogP) is 2.41. The third kappa shape index (κ3) is 4.13. The molecule has 1 saturated heterocycles. The molecule has 6 heteroatoms. The number of amides is 1. The zero-order valence-corrected chi connectivity index (χ0v) is 13.8. The van der Waals surface area contributed by atoms with Crippen LogP contribution in [0.2, 0.25) is 0 Å². The Morgan fingerprint density at radius 3 is 2.55 bits per heavy atom. The lowest BCUT2D eigenvalue weighted by molar-refractivity contribution is -0.149. The molecule has 2 N–H and O–H groups in total. The van der Waals surface area contributed by atoms with Crippen molar-refractivity contribution in [2.24, 2.45) is 5.92 Å². The number of benzene rings is 1. The van der Waals surface area contributed by atoms with Gasteiger partial charge in [0.15, 0.2) is 0 Å². The van der Waals surface area contributed by atoms with Gasteiger partial charge in [0.05, 0.1) is 12.5 Å². The number of esters is 1. The molecule has 0 spiro atoms. The van der Waals surface area contributed by atoms with Crippen LogP contribution in [0, 0.1) is 12.8 Å². The Labute approximate surface area is 137 Å². The molecule has 1 aromatic rings. The fourth-order valence-electron chi connectivity index (χ4n) is 2.62. The second-order valence-electron chi connectivity index (χ2n) is 5.39. The summed E-state index contributed by atoms with van der Waals surface area (Å²) in [5.74, 6) is -0.247. The van der Waals surface area contributed by atoms with E-state index in [1.165, 1.54) is 0 Å². The average Bonchev–Trinajstić information content (AvgIpc) is 2.49. The number of ether oxygens (including phenoxy) is 1. The highest BCUT2D eigenvalue weighted by Crippen LogP contribution is 2.22. The minimum atomic E-state index is -0.148. The van der Waals surface area contributed by atoms with Crippen molar-refractivity contribution in [3.8, 4) is 0 Å². The number of carbonyl (C=O) groups is 2. The maximum absolute atomic E-state index is 12.5. The molecule has 122 valence electrons. The van der Waals surface area contributed by atoms with Crippen molar-refractivity contribution in [2.75, 3.05) is 25.4 Å². The van der Waals surface area contributed by atoms with Gasteiger partial charge in [-0.25, -0.2) is 0 Å². The van der Waals surface area contributed by atoms with E-state index in [-0.39, 0.29) is 30.2 Å². The molecule has 1 aliphatic heterocycles. The van der Waals surface area contributed by atoms with Crippen LogP contribution >= 0.6 is 12.4 Å². The molecule has 0 aliphatic carbocycles. The first-order valence-corrected chi connectivity index (χ1v) is 7.35. The van der Waals surface area contributed by atoms with Gasteiger partial charge in [-0.15, -0.1) is 12.4 Å². The van der Waals surface area contributed by atoms with Gasteiger partial charge in [0.1, 0.15) is 0 Å². The Bertz CT molecular complexity index is 540. The molecule has 0 atom stereocenters. The van der Waals surface area contributed by atoms with Crippen LogP contribution in [0.3, 0.4) is 0 Å². The number of likely N-dealkylation sites (tertiary alicyclic amines) is 1. The van der Waals surface area contributed by atoms with Crippen molar-refractivity contribution in [2.45, 2.75) is 26.7 Å². The first-order valence-electron chi connectivity index (χ1n) is 7.35. The quantitative estimate of drug-likeness (QED) is 0.684. The van der Waals surface area contributed by atoms with Gasteiger partial charge in [0.2, 0.25) is 0 Å². The molecule has 1 fully saturated rings. The van der Waals surface area contributed by atoms with Crippen LogP contribution in [0.15, 0.2) is 18.2 Å². The lowest BCUT2D eigenvalue weighted by Crippen LogP contribution is -2.40. The third-order valence-corrected chi connectivity index (χ3v) is 3.89. The molecule has 1 aliphatic rings. The molecule has 0 aromatic heterocycles. The molecule has 22 heavy (non-hydrogen) atoms. The van der Waals surface area contributed by atoms with E-state index in [9.17, 15) is 9.59 Å². The summed E-state index contributed by atoms with van der Waals surface area (Å²) in [5, 5.41) is 0. The molecule has 0 saturated carbocycles. The van der Waals surface area contributed by atoms with Crippen LogP contribution in [0.4, 0.5) is 5.69 Å². The van der Waals surface area contributed by atoms with Crippen LogP contribution in [0.5, 0.6) is 0 Å². The second-order valence-corrected chi connectivity index (χ2v) is 5.39. The van der Waals surface area contributed by atoms with Gasteiger partial charge in [-0.05, 0) is 44.4 Å². The van der Waals surface area contributed by atoms with Crippen molar-refractivity contribution < 1.29 is 14.3 Å². The van der Waals surface area contributed by atoms with Gasteiger partial charge in [0, 0.05) is 24.3 Å². The number of aryl methyl sites for hydroxylation is 1. The Kier molecular flexibility index (Phi) is 6.68. The lowest BCUT2D eigenvalue weighted by Gasteiger charge is -2.31. The van der Waals surface area contributed by atoms with Crippen molar-refractivity contribution in [3.05, 3.63) is 29.3 Å². The lowest BCUT2D eigenvalue weighted by atomic mass is 9.96. The number of hydrogen-bond acceptors (Lipinski definition) is 4. The number of piperidine rings is 1. The first kappa shape index (κ1) is 18.3. The maximum Gasteiger partial charge on any atom is 0.309 e. The monoisotopic (exact) mass is 326 g/mol. The predicted molar refractivity (Wildman–Crippen MR) is 88.1 cm³/mol. The number of rotatable bonds is 3. The van der Waals surface area contributed by atoms with Crippen LogP contribution < -0.4 is 5.73 Å². The van der Waals surface area contributed by atoms with Crippen LogP contribution in [0.1, 0.15) is 35.7 Å². The summed E-state index contributed by atoms with van der Waals surface area (Å²) in [6, 6.07) is 5.36. The molecule has 1 amide bonds. The van der Waals surface area contributed by atoms with Gasteiger partial charge < -0.3 is 15.4 Å². The average molecular weight is 327 g/mol. The van der Waals surface area contributed by atoms with Crippen molar-refractivity contribution >= 4 is 30.0 Å². The molecule has 5 nitrogen and oxygen atoms in total. The molecular weight excluding hydrogens is 304 g/mol. The summed E-state index contributed by atoms with van der Waals surface area (Å²) >= 11 is 0. The highest BCUT2D eigenvalue weighted by atomic mass is 35.5. The smallest absolute Gasteiger partial charge is 0.309 e. The second kappa shape index (κ2) is 8.03. The molecule has 2 rings (SSSR count). The summed E-state index contributed by atoms with van der Waals surface area (Å²) in [7, 11) is 0. The van der Waals surface area contributed by atoms with Gasteiger partial charge >= 0.3 is 5.97 Å². The van der Waals surface area contributed by atoms with Crippen LogP contribution in [-0.2, 0) is 9.53 Å². The summed E-state index contributed by atoms with van der Waals surface area (Å²) in [6.07, 6.45) is 1.32. The standard InChI is InChI=1S/C16H22N2O3.ClH/c1-3-21-16(20)12-6-8-18(9-7-12)15(19)14-10-13(17)5-4-11(14)2;/h4-5,10,12H,3,6-9,17H2,1-2H3;1H. The zero-order chi connectivity index (χ0) is 15.4. The van der Waals surface area contributed by atoms with E-state index in [0.29, 0.717) is 43.8 Å². The molecule has 1 aromatic carbocycles. The molecule has 0 bridgehead atoms. The minimum absolute atomic E-state index is 0. The topological polar surface area (TPSA) is 72.6 Å². The van der Waals surface area contributed by atoms with Gasteiger partial charge in [-0.3, -0.25) is 9.59 Å². The Morgan fingerprint density at radius 2 is 1.95 bits per heavy atom. The highest BCUT2D eigenvalue weighted by molar-refractivity contribution is 5.96. The Balaban J connectivity index is 0.00000242. The van der Waals surface area contributed by atoms with Crippen molar-refractivity contribution in [1.29, 1.82) is 0 Å². The minimum Gasteiger partial charge on any atom is -0.466 e. The summed E-state index contributed by atoms with van der Waals surface area (Å²) in [6.45, 7) is 5.27. The van der Waals surface area contributed by atoms with E-state index in [1.807, 2.05) is 13.0 Å². The number of nitrogens with zero attached hydrogens (tertiary/aromatic N) is 1. The Morgan fingerprint density at radius 1 is 1.32 bits per heavy atom. The van der Waals surface area contributed by atoms with Crippen molar-refractivity contribution in [1.82, 2.24) is 4.90 Å². The fourth-order valence-corrected chi connectivity index (χ4v) is 2.62. The Hall–Kier alpha value is -1.75. The number of nitrogens with two attached hydrogens (primary N) is 1. The van der Waals surface area contributed by atoms with Crippen LogP contribution in [0.25, 0.3) is 0 Å². The van der Waals surface area contributed by atoms with Gasteiger partial charge in [-0.1, -0.05) is 6.07 Å². The van der Waals surface area contributed by atoms with E-state index >= 15 is 0 Å². The first-order chi connectivity index (χ1) is 10.0. The van der Waals surface area contributed by atoms with E-state index in [2.05, 4.69) is 0 Å². The van der Waals surface area contributed by atoms with Crippen LogP contribution in [-0.4, -0.2) is 36.5 Å². The normalized spacial score (nSPS) is 15.1. The van der Waals surface area contributed by atoms with Gasteiger partial charge in [-0.2, -0.15) is 0 Å². The number of halogens is 1. The van der Waals surface area contributed by atoms with Crippen molar-refractivity contribution in [3.63, 3.8) is 0 Å². The number of nitrogen functional groups attached to an aromatic ring is 1. The molecule has 1 heterocycles. The van der Waals surface area contributed by atoms with E-state index in [4.69, 9.17) is 10.5 Å². The van der Waals surface area contributed by atoms with E-state index < -0.39 is 0 Å². The largest absolute Gasteiger partial charge is 0.466 e. The maximum atomic E-state index is 12.5. The van der Waals surface area contributed by atoms with E-state index in [1.54, 1.807) is 24.0 Å². The molecule has 0 radical (unpaired) electrons. The molecule has 0 unspecified atom stereocenters. The van der Waals surface area contributed by atoms with Gasteiger partial charge in [0.25, 0.3) is 5.91 Å². The SMILES string of the molecule is CCOC(=O)C1CCN(C(=O)c2cc(N)ccc2C)CC1.Cl. The third-order valence-electron chi connectivity index (χ3n) is 3.89. The molecular formula is C16H23ClN2O3. The summed E-state index contributed by atoms with van der Waals surface area (Å²) in [5.41, 5.74) is 7.91. The number of hydrogen-bond donors (Lipinski definition) is 1. The summed E-state index contributed by atoms with van der Waals surface area (Å²) < 4.78 is 5.04. The number of carbonyl (C=O) groups excluding carboxylic acids is 2. The zero-order valence-electron chi connectivity index (χ0n) is 13.0. The fraction of sp³-hybridized carbons (Fsp3) is 0.500. The van der Waals surface area contributed by atoms with E-state index in [0.717, 1.165) is 5.56 Å². The summed E-state index contributed by atoms with van der Waals surface area (Å²) in [4.78, 5) is 26.0.